The van der Waals surface area contributed by atoms with Crippen LogP contribution >= 0.6 is 11.6 Å². The van der Waals surface area contributed by atoms with Crippen LogP contribution < -0.4 is 15.0 Å². The van der Waals surface area contributed by atoms with Crippen molar-refractivity contribution in [3.8, 4) is 23.0 Å². The van der Waals surface area contributed by atoms with E-state index in [4.69, 9.17) is 21.3 Å². The maximum Gasteiger partial charge on any atom is 0.319 e. The molecule has 0 radical (unpaired) electrons. The van der Waals surface area contributed by atoms with Crippen molar-refractivity contribution in [1.82, 2.24) is 25.2 Å². The van der Waals surface area contributed by atoms with Crippen LogP contribution in [0.3, 0.4) is 0 Å². The summed E-state index contributed by atoms with van der Waals surface area (Å²) in [6, 6.07) is 8.64. The molecule has 2 N–H and O–H groups in total. The number of aromatic hydroxyl groups is 1. The fraction of sp³-hybridized carbons (Fsp3) is 0.433. The zero-order chi connectivity index (χ0) is 27.4. The molecule has 3 fully saturated rings. The molecule has 2 aromatic carbocycles. The first-order valence-corrected chi connectivity index (χ1v) is 14.4. The molecule has 0 saturated carbocycles. The Bertz CT molecular complexity index is 1600. The Balaban J connectivity index is 1.34. The summed E-state index contributed by atoms with van der Waals surface area (Å²) in [7, 11) is 1.96. The molecule has 0 bridgehead atoms. The summed E-state index contributed by atoms with van der Waals surface area (Å²) in [6.07, 6.45) is 6.12. The minimum absolute atomic E-state index is 0.00393. The molecule has 10 heteroatoms. The Hall–Kier alpha value is -3.27. The Kier molecular flexibility index (Phi) is 6.40. The number of nitrogens with one attached hydrogen (secondary N) is 1. The third kappa shape index (κ3) is 4.31. The lowest BCUT2D eigenvalue weighted by atomic mass is 9.95. The van der Waals surface area contributed by atoms with Gasteiger partial charge in [0.15, 0.2) is 5.82 Å². The van der Waals surface area contributed by atoms with Gasteiger partial charge in [0, 0.05) is 54.8 Å². The number of fused-ring (bicyclic) bond motifs is 3. The van der Waals surface area contributed by atoms with Crippen molar-refractivity contribution in [3.63, 3.8) is 0 Å². The minimum Gasteiger partial charge on any atom is -0.508 e. The van der Waals surface area contributed by atoms with Crippen LogP contribution in [0.1, 0.15) is 25.7 Å². The number of halogens is 2. The van der Waals surface area contributed by atoms with Gasteiger partial charge in [0.1, 0.15) is 29.4 Å². The summed E-state index contributed by atoms with van der Waals surface area (Å²) in [6.45, 7) is 5.33. The van der Waals surface area contributed by atoms with Crippen LogP contribution in [-0.4, -0.2) is 76.9 Å². The van der Waals surface area contributed by atoms with E-state index >= 15 is 4.39 Å². The summed E-state index contributed by atoms with van der Waals surface area (Å²) in [4.78, 5) is 18.5. The number of hydrogen-bond acceptors (Lipinski definition) is 8. The van der Waals surface area contributed by atoms with Gasteiger partial charge in [-0.1, -0.05) is 23.7 Å². The van der Waals surface area contributed by atoms with Crippen molar-refractivity contribution in [2.45, 2.75) is 31.2 Å². The average molecular weight is 563 g/mol. The van der Waals surface area contributed by atoms with Gasteiger partial charge in [0.25, 0.3) is 0 Å². The van der Waals surface area contributed by atoms with E-state index in [1.807, 2.05) is 18.0 Å². The Labute approximate surface area is 237 Å². The molecule has 7 rings (SSSR count). The molecule has 40 heavy (non-hydrogen) atoms. The molecular formula is C30H32ClFN6O2. The van der Waals surface area contributed by atoms with E-state index in [1.54, 1.807) is 24.4 Å². The van der Waals surface area contributed by atoms with Gasteiger partial charge in [-0.15, -0.1) is 0 Å². The van der Waals surface area contributed by atoms with Crippen LogP contribution in [0.2, 0.25) is 5.02 Å². The first-order chi connectivity index (χ1) is 19.4. The molecule has 0 amide bonds. The Morgan fingerprint density at radius 3 is 2.75 bits per heavy atom. The number of anilines is 1. The van der Waals surface area contributed by atoms with Crippen molar-refractivity contribution in [2.24, 2.45) is 5.92 Å². The van der Waals surface area contributed by atoms with Crippen molar-refractivity contribution in [1.29, 1.82) is 0 Å². The summed E-state index contributed by atoms with van der Waals surface area (Å²) in [5.41, 5.74) is 0.628. The fourth-order valence-electron chi connectivity index (χ4n) is 6.73. The Morgan fingerprint density at radius 2 is 2.00 bits per heavy atom. The predicted octanol–water partition coefficient (Wildman–Crippen LogP) is 5.01. The second-order valence-electron chi connectivity index (χ2n) is 11.5. The van der Waals surface area contributed by atoms with Crippen molar-refractivity contribution >= 4 is 39.1 Å². The van der Waals surface area contributed by atoms with Gasteiger partial charge in [-0.3, -0.25) is 9.88 Å². The third-order valence-electron chi connectivity index (χ3n) is 8.85. The zero-order valence-electron chi connectivity index (χ0n) is 22.5. The van der Waals surface area contributed by atoms with Crippen LogP contribution in [0.25, 0.3) is 32.9 Å². The smallest absolute Gasteiger partial charge is 0.319 e. The normalized spacial score (nSPS) is 18.8. The van der Waals surface area contributed by atoms with Crippen LogP contribution in [0, 0.1) is 11.7 Å². The minimum atomic E-state index is -0.599. The molecule has 5 heterocycles. The highest BCUT2D eigenvalue weighted by atomic mass is 35.5. The quantitative estimate of drug-likeness (QED) is 0.325. The molecular weight excluding hydrogens is 531 g/mol. The van der Waals surface area contributed by atoms with E-state index in [1.165, 1.54) is 6.07 Å². The number of aromatic nitrogens is 3. The van der Waals surface area contributed by atoms with Gasteiger partial charge >= 0.3 is 6.01 Å². The van der Waals surface area contributed by atoms with Crippen LogP contribution in [0.4, 0.5) is 10.2 Å². The lowest BCUT2D eigenvalue weighted by Gasteiger charge is -2.33. The molecule has 3 aliphatic heterocycles. The molecule has 0 aliphatic carbocycles. The zero-order valence-corrected chi connectivity index (χ0v) is 23.2. The van der Waals surface area contributed by atoms with Gasteiger partial charge in [0.05, 0.1) is 10.9 Å². The SMILES string of the molecule is CN(CC1CNC1)c1nc(OCC23CCCN2CCC3)nc2c(F)c(-c3cc(O)cc4cccc(Cl)c34)ncc12. The number of phenolic OH excluding ortho intramolecular Hbond substituents is 1. The van der Waals surface area contributed by atoms with Crippen molar-refractivity contribution in [2.75, 3.05) is 51.3 Å². The number of phenols is 1. The van der Waals surface area contributed by atoms with E-state index in [2.05, 4.69) is 20.2 Å². The number of benzene rings is 2. The average Bonchev–Trinajstić information content (AvgIpc) is 3.50. The largest absolute Gasteiger partial charge is 0.508 e. The summed E-state index contributed by atoms with van der Waals surface area (Å²) >= 11 is 6.55. The fourth-order valence-corrected chi connectivity index (χ4v) is 7.01. The van der Waals surface area contributed by atoms with E-state index in [-0.39, 0.29) is 28.5 Å². The topological polar surface area (TPSA) is 86.6 Å². The monoisotopic (exact) mass is 562 g/mol. The molecule has 8 nitrogen and oxygen atoms in total. The predicted molar refractivity (Wildman–Crippen MR) is 155 cm³/mol. The molecule has 3 aliphatic rings. The molecule has 3 saturated heterocycles. The van der Waals surface area contributed by atoms with E-state index in [0.29, 0.717) is 45.1 Å². The number of nitrogens with zero attached hydrogens (tertiary/aromatic N) is 5. The van der Waals surface area contributed by atoms with E-state index in [0.717, 1.165) is 58.4 Å². The standard InChI is InChI=1S/C30H32ClFN6O2/c1-37(16-18-13-33-14-18)28-22-15-34-26(21-12-20(39)11-19-5-2-6-23(31)24(19)21)25(32)27(22)35-29(36-28)40-17-30-7-3-9-38(30)10-4-8-30/h2,5-6,11-12,15,18,33,39H,3-4,7-10,13-14,16-17H2,1H3. The van der Waals surface area contributed by atoms with Gasteiger partial charge < -0.3 is 20.1 Å². The molecule has 0 spiro atoms. The maximum absolute atomic E-state index is 16.5. The summed E-state index contributed by atoms with van der Waals surface area (Å²) in [5.74, 6) is 0.486. The lowest BCUT2D eigenvalue weighted by molar-refractivity contribution is 0.108. The van der Waals surface area contributed by atoms with Gasteiger partial charge in [0.2, 0.25) is 0 Å². The maximum atomic E-state index is 16.5. The van der Waals surface area contributed by atoms with Crippen LogP contribution in [-0.2, 0) is 0 Å². The first-order valence-electron chi connectivity index (χ1n) is 14.0. The lowest BCUT2D eigenvalue weighted by Crippen LogP contribution is -2.47. The number of ether oxygens (including phenoxy) is 1. The number of hydrogen-bond donors (Lipinski definition) is 2. The number of pyridine rings is 1. The molecule has 0 atom stereocenters. The van der Waals surface area contributed by atoms with E-state index in [9.17, 15) is 5.11 Å². The molecule has 2 aromatic heterocycles. The van der Waals surface area contributed by atoms with Gasteiger partial charge in [-0.05, 0) is 62.4 Å². The third-order valence-corrected chi connectivity index (χ3v) is 9.17. The highest BCUT2D eigenvalue weighted by Crippen LogP contribution is 2.41. The second-order valence-corrected chi connectivity index (χ2v) is 11.9. The number of rotatable bonds is 7. The van der Waals surface area contributed by atoms with Gasteiger partial charge in [-0.25, -0.2) is 4.39 Å². The highest BCUT2D eigenvalue weighted by molar-refractivity contribution is 6.36. The molecule has 4 aromatic rings. The van der Waals surface area contributed by atoms with Crippen molar-refractivity contribution < 1.29 is 14.2 Å². The summed E-state index contributed by atoms with van der Waals surface area (Å²) < 4.78 is 22.8. The summed E-state index contributed by atoms with van der Waals surface area (Å²) in [5, 5.41) is 16.0. The van der Waals surface area contributed by atoms with E-state index < -0.39 is 5.82 Å². The Morgan fingerprint density at radius 1 is 1.20 bits per heavy atom. The molecule has 208 valence electrons. The highest BCUT2D eigenvalue weighted by Gasteiger charge is 2.45. The van der Waals surface area contributed by atoms with Crippen LogP contribution in [0.15, 0.2) is 36.5 Å². The first kappa shape index (κ1) is 25.7. The van der Waals surface area contributed by atoms with Crippen molar-refractivity contribution in [3.05, 3.63) is 47.4 Å². The second kappa shape index (κ2) is 9.98. The molecule has 0 unspecified atom stereocenters. The van der Waals surface area contributed by atoms with Gasteiger partial charge in [-0.2, -0.15) is 9.97 Å². The van der Waals surface area contributed by atoms with Crippen LogP contribution in [0.5, 0.6) is 11.8 Å².